The summed E-state index contributed by atoms with van der Waals surface area (Å²) in [5.41, 5.74) is 2.36. The standard InChI is InChI=1S/C19H24BrN5OS.ClH/c1-5-25-13(2)11-16(22-25)18(26)24(10-6-9-23(3)4)19-21-15-8-7-14(20)12-17(15)27-19;/h7-8,11-12H,5-6,9-10H2,1-4H3;1H. The average Bonchev–Trinajstić information content (AvgIpc) is 3.20. The third kappa shape index (κ3) is 5.11. The van der Waals surface area contributed by atoms with Gasteiger partial charge < -0.3 is 4.90 Å². The molecular formula is C19H25BrClN5OS. The highest BCUT2D eigenvalue weighted by Crippen LogP contribution is 2.31. The van der Waals surface area contributed by atoms with Crippen LogP contribution in [0.4, 0.5) is 5.13 Å². The molecule has 0 radical (unpaired) electrons. The Kier molecular flexibility index (Phi) is 8.00. The number of anilines is 1. The molecule has 9 heteroatoms. The molecule has 0 saturated heterocycles. The second-order valence-corrected chi connectivity index (χ2v) is 8.63. The van der Waals surface area contributed by atoms with Crippen molar-refractivity contribution in [2.24, 2.45) is 0 Å². The first-order valence-corrected chi connectivity index (χ1v) is 10.6. The summed E-state index contributed by atoms with van der Waals surface area (Å²) in [5.74, 6) is -0.0952. The molecule has 0 atom stereocenters. The van der Waals surface area contributed by atoms with Gasteiger partial charge in [0.1, 0.15) is 0 Å². The van der Waals surface area contributed by atoms with Gasteiger partial charge in [-0.05, 0) is 65.2 Å². The molecule has 6 nitrogen and oxygen atoms in total. The lowest BCUT2D eigenvalue weighted by atomic mass is 10.3. The van der Waals surface area contributed by atoms with Gasteiger partial charge in [-0.3, -0.25) is 14.4 Å². The Morgan fingerprint density at radius 2 is 2.00 bits per heavy atom. The molecule has 0 bridgehead atoms. The van der Waals surface area contributed by atoms with Crippen molar-refractivity contribution in [2.45, 2.75) is 26.8 Å². The van der Waals surface area contributed by atoms with Crippen molar-refractivity contribution in [3.8, 4) is 0 Å². The Morgan fingerprint density at radius 3 is 2.64 bits per heavy atom. The summed E-state index contributed by atoms with van der Waals surface area (Å²) >= 11 is 5.03. The van der Waals surface area contributed by atoms with E-state index in [1.165, 1.54) is 11.3 Å². The maximum Gasteiger partial charge on any atom is 0.280 e. The van der Waals surface area contributed by atoms with Crippen LogP contribution in [-0.2, 0) is 6.54 Å². The quantitative estimate of drug-likeness (QED) is 0.489. The van der Waals surface area contributed by atoms with E-state index in [1.807, 2.05) is 56.9 Å². The van der Waals surface area contributed by atoms with Gasteiger partial charge in [-0.25, -0.2) is 4.98 Å². The zero-order valence-corrected chi connectivity index (χ0v) is 19.7. The fraction of sp³-hybridized carbons (Fsp3) is 0.421. The van der Waals surface area contributed by atoms with Gasteiger partial charge in [-0.1, -0.05) is 27.3 Å². The Hall–Kier alpha value is -1.48. The lowest BCUT2D eigenvalue weighted by molar-refractivity contribution is 0.0980. The van der Waals surface area contributed by atoms with Crippen molar-refractivity contribution >= 4 is 60.9 Å². The molecule has 1 amide bonds. The van der Waals surface area contributed by atoms with Gasteiger partial charge in [0, 0.05) is 23.3 Å². The van der Waals surface area contributed by atoms with E-state index >= 15 is 0 Å². The number of fused-ring (bicyclic) bond motifs is 1. The van der Waals surface area contributed by atoms with Crippen LogP contribution in [0.1, 0.15) is 29.5 Å². The van der Waals surface area contributed by atoms with E-state index in [2.05, 4.69) is 25.9 Å². The molecule has 0 aliphatic heterocycles. The number of carbonyl (C=O) groups is 1. The number of thiazole rings is 1. The van der Waals surface area contributed by atoms with Gasteiger partial charge in [0.25, 0.3) is 5.91 Å². The first-order valence-electron chi connectivity index (χ1n) is 8.96. The first-order chi connectivity index (χ1) is 12.9. The van der Waals surface area contributed by atoms with Crippen molar-refractivity contribution in [3.63, 3.8) is 0 Å². The van der Waals surface area contributed by atoms with E-state index in [4.69, 9.17) is 4.98 Å². The number of benzene rings is 1. The fourth-order valence-electron chi connectivity index (χ4n) is 2.90. The number of carbonyl (C=O) groups excluding carboxylic acids is 1. The van der Waals surface area contributed by atoms with Crippen molar-refractivity contribution in [1.29, 1.82) is 0 Å². The summed E-state index contributed by atoms with van der Waals surface area (Å²) in [6.07, 6.45) is 0.867. The van der Waals surface area contributed by atoms with E-state index in [1.54, 1.807) is 4.90 Å². The van der Waals surface area contributed by atoms with Gasteiger partial charge >= 0.3 is 0 Å². The number of aryl methyl sites for hydroxylation is 2. The van der Waals surface area contributed by atoms with Gasteiger partial charge in [-0.2, -0.15) is 5.10 Å². The second-order valence-electron chi connectivity index (χ2n) is 6.71. The van der Waals surface area contributed by atoms with Crippen molar-refractivity contribution in [3.05, 3.63) is 40.1 Å². The zero-order valence-electron chi connectivity index (χ0n) is 16.5. The number of hydrogen-bond donors (Lipinski definition) is 0. The Morgan fingerprint density at radius 1 is 1.25 bits per heavy atom. The Labute approximate surface area is 184 Å². The van der Waals surface area contributed by atoms with Gasteiger partial charge in [0.15, 0.2) is 10.8 Å². The molecule has 3 aromatic rings. The number of aromatic nitrogens is 3. The summed E-state index contributed by atoms with van der Waals surface area (Å²) in [6.45, 7) is 6.25. The number of hydrogen-bond acceptors (Lipinski definition) is 5. The highest BCUT2D eigenvalue weighted by atomic mass is 79.9. The van der Waals surface area contributed by atoms with Crippen molar-refractivity contribution in [2.75, 3.05) is 32.1 Å². The topological polar surface area (TPSA) is 54.3 Å². The van der Waals surface area contributed by atoms with Gasteiger partial charge in [-0.15, -0.1) is 12.4 Å². The minimum atomic E-state index is -0.0952. The smallest absolute Gasteiger partial charge is 0.280 e. The predicted octanol–water partition coefficient (Wildman–Crippen LogP) is 4.60. The normalized spacial score (nSPS) is 11.1. The lowest BCUT2D eigenvalue weighted by Crippen LogP contribution is -2.33. The summed E-state index contributed by atoms with van der Waals surface area (Å²) in [5, 5.41) is 5.19. The largest absolute Gasteiger partial charge is 0.309 e. The van der Waals surface area contributed by atoms with Gasteiger partial charge in [0.2, 0.25) is 0 Å². The molecule has 152 valence electrons. The summed E-state index contributed by atoms with van der Waals surface area (Å²) in [6, 6.07) is 7.83. The monoisotopic (exact) mass is 485 g/mol. The molecule has 2 heterocycles. The lowest BCUT2D eigenvalue weighted by Gasteiger charge is -2.20. The molecular weight excluding hydrogens is 462 g/mol. The van der Waals surface area contributed by atoms with Crippen molar-refractivity contribution < 1.29 is 4.79 Å². The number of nitrogens with zero attached hydrogens (tertiary/aromatic N) is 5. The molecule has 0 spiro atoms. The minimum absolute atomic E-state index is 0. The van der Waals surface area contributed by atoms with E-state index in [9.17, 15) is 4.79 Å². The van der Waals surface area contributed by atoms with Gasteiger partial charge in [0.05, 0.1) is 10.2 Å². The third-order valence-electron chi connectivity index (χ3n) is 4.30. The van der Waals surface area contributed by atoms with E-state index < -0.39 is 0 Å². The van der Waals surface area contributed by atoms with Crippen LogP contribution in [0, 0.1) is 6.92 Å². The Bertz CT molecular complexity index is 955. The molecule has 1 aromatic carbocycles. The van der Waals surface area contributed by atoms with E-state index in [0.29, 0.717) is 12.2 Å². The van der Waals surface area contributed by atoms with Crippen LogP contribution in [0.3, 0.4) is 0 Å². The zero-order chi connectivity index (χ0) is 19.6. The molecule has 3 rings (SSSR count). The molecule has 28 heavy (non-hydrogen) atoms. The number of halogens is 2. The molecule has 0 unspecified atom stereocenters. The van der Waals surface area contributed by atoms with Crippen LogP contribution in [0.15, 0.2) is 28.7 Å². The highest BCUT2D eigenvalue weighted by Gasteiger charge is 2.24. The molecule has 2 aromatic heterocycles. The summed E-state index contributed by atoms with van der Waals surface area (Å²) < 4.78 is 3.91. The molecule has 0 fully saturated rings. The summed E-state index contributed by atoms with van der Waals surface area (Å²) in [4.78, 5) is 21.8. The van der Waals surface area contributed by atoms with Crippen LogP contribution in [0.25, 0.3) is 10.2 Å². The second kappa shape index (κ2) is 9.82. The number of rotatable bonds is 7. The number of amides is 1. The third-order valence-corrected chi connectivity index (χ3v) is 5.84. The highest BCUT2D eigenvalue weighted by molar-refractivity contribution is 9.10. The molecule has 0 aliphatic carbocycles. The summed E-state index contributed by atoms with van der Waals surface area (Å²) in [7, 11) is 4.07. The van der Waals surface area contributed by atoms with E-state index in [0.717, 1.165) is 45.0 Å². The maximum atomic E-state index is 13.2. The predicted molar refractivity (Wildman–Crippen MR) is 122 cm³/mol. The molecule has 0 saturated carbocycles. The fourth-order valence-corrected chi connectivity index (χ4v) is 4.45. The first kappa shape index (κ1) is 22.8. The average molecular weight is 487 g/mol. The van der Waals surface area contributed by atoms with Crippen LogP contribution in [-0.4, -0.2) is 52.8 Å². The Balaban J connectivity index is 0.00000280. The van der Waals surface area contributed by atoms with E-state index in [-0.39, 0.29) is 18.3 Å². The van der Waals surface area contributed by atoms with Crippen LogP contribution < -0.4 is 4.90 Å². The molecule has 0 aliphatic rings. The van der Waals surface area contributed by atoms with Crippen LogP contribution in [0.5, 0.6) is 0 Å². The SMILES string of the molecule is CCn1nc(C(=O)N(CCCN(C)C)c2nc3ccc(Br)cc3s2)cc1C.Cl. The van der Waals surface area contributed by atoms with Crippen LogP contribution in [0.2, 0.25) is 0 Å². The molecule has 0 N–H and O–H groups in total. The maximum absolute atomic E-state index is 13.2. The minimum Gasteiger partial charge on any atom is -0.309 e. The van der Waals surface area contributed by atoms with Crippen molar-refractivity contribution in [1.82, 2.24) is 19.7 Å². The van der Waals surface area contributed by atoms with Crippen LogP contribution >= 0.6 is 39.7 Å².